The Morgan fingerprint density at radius 3 is 1.78 bits per heavy atom. The summed E-state index contributed by atoms with van der Waals surface area (Å²) in [5.74, 6) is -1.09. The maximum Gasteiger partial charge on any atom is 0.178 e. The first-order chi connectivity index (χ1) is 17.3. The highest BCUT2D eigenvalue weighted by atomic mass is 16.7. The molecule has 190 valence electrons. The van der Waals surface area contributed by atoms with Crippen LogP contribution in [-0.2, 0) is 19.7 Å². The molecule has 4 rings (SSSR count). The molecule has 0 radical (unpaired) electrons. The van der Waals surface area contributed by atoms with Gasteiger partial charge in [-0.1, -0.05) is 112 Å². The molecular formula is C32H38O4. The van der Waals surface area contributed by atoms with E-state index in [-0.39, 0.29) is 43.2 Å². The van der Waals surface area contributed by atoms with E-state index >= 15 is 0 Å². The lowest BCUT2D eigenvalue weighted by Crippen LogP contribution is -2.56. The predicted octanol–water partition coefficient (Wildman–Crippen LogP) is 6.15. The van der Waals surface area contributed by atoms with E-state index in [2.05, 4.69) is 50.2 Å². The number of carbonyl (C=O) groups is 1. The van der Waals surface area contributed by atoms with Crippen LogP contribution in [0.3, 0.4) is 0 Å². The molecule has 1 fully saturated rings. The van der Waals surface area contributed by atoms with Crippen LogP contribution in [-0.4, -0.2) is 35.5 Å². The summed E-state index contributed by atoms with van der Waals surface area (Å²) in [6.45, 7) is 7.99. The number of ether oxygens (including phenoxy) is 2. The molecule has 0 unspecified atom stereocenters. The third-order valence-corrected chi connectivity index (χ3v) is 7.52. The molecule has 1 saturated heterocycles. The molecular weight excluding hydrogens is 448 g/mol. The van der Waals surface area contributed by atoms with Gasteiger partial charge >= 0.3 is 0 Å². The van der Waals surface area contributed by atoms with E-state index in [1.165, 1.54) is 0 Å². The van der Waals surface area contributed by atoms with Crippen LogP contribution in [0.5, 0.6) is 0 Å². The van der Waals surface area contributed by atoms with E-state index in [0.717, 1.165) is 16.7 Å². The minimum absolute atomic E-state index is 0.0241. The fourth-order valence-electron chi connectivity index (χ4n) is 5.67. The van der Waals surface area contributed by atoms with Crippen LogP contribution in [0, 0.1) is 11.8 Å². The maximum absolute atomic E-state index is 12.5. The average Bonchev–Trinajstić information content (AvgIpc) is 2.88. The molecule has 4 heteroatoms. The van der Waals surface area contributed by atoms with Gasteiger partial charge in [-0.05, 0) is 29.5 Å². The SMILES string of the molecule is CC(=O)C[C@@]1(OCC(c2ccccc2)(c2ccccc2)c2ccccc2)C[C@H](O)[C@H](C)[C@@H](C(C)C)O1. The van der Waals surface area contributed by atoms with Gasteiger partial charge in [0.05, 0.1) is 30.7 Å². The summed E-state index contributed by atoms with van der Waals surface area (Å²) in [4.78, 5) is 12.5. The normalized spacial score (nSPS) is 24.6. The zero-order valence-corrected chi connectivity index (χ0v) is 21.8. The lowest BCUT2D eigenvalue weighted by Gasteiger charge is -2.49. The van der Waals surface area contributed by atoms with Crippen LogP contribution in [0.25, 0.3) is 0 Å². The highest BCUT2D eigenvalue weighted by molar-refractivity contribution is 5.76. The molecule has 3 aromatic rings. The molecule has 1 heterocycles. The molecule has 36 heavy (non-hydrogen) atoms. The Hall–Kier alpha value is -2.79. The van der Waals surface area contributed by atoms with Crippen molar-refractivity contribution < 1.29 is 19.4 Å². The van der Waals surface area contributed by atoms with Crippen molar-refractivity contribution in [3.63, 3.8) is 0 Å². The molecule has 1 N–H and O–H groups in total. The summed E-state index contributed by atoms with van der Waals surface area (Å²) in [7, 11) is 0. The Balaban J connectivity index is 1.84. The van der Waals surface area contributed by atoms with Crippen molar-refractivity contribution >= 4 is 5.78 Å². The summed E-state index contributed by atoms with van der Waals surface area (Å²) in [5.41, 5.74) is 2.62. The van der Waals surface area contributed by atoms with Crippen LogP contribution < -0.4 is 0 Å². The molecule has 4 atom stereocenters. The van der Waals surface area contributed by atoms with Gasteiger partial charge in [0.15, 0.2) is 5.79 Å². The number of hydrogen-bond donors (Lipinski definition) is 1. The highest BCUT2D eigenvalue weighted by Crippen LogP contribution is 2.44. The van der Waals surface area contributed by atoms with Crippen molar-refractivity contribution in [2.45, 2.75) is 63.9 Å². The zero-order chi connectivity index (χ0) is 25.8. The van der Waals surface area contributed by atoms with E-state index in [4.69, 9.17) is 9.47 Å². The van der Waals surface area contributed by atoms with Crippen LogP contribution >= 0.6 is 0 Å². The van der Waals surface area contributed by atoms with Crippen molar-refractivity contribution in [2.75, 3.05) is 6.61 Å². The maximum atomic E-state index is 12.5. The number of carbonyl (C=O) groups excluding carboxylic acids is 1. The topological polar surface area (TPSA) is 55.8 Å². The standard InChI is InChI=1S/C32H38O4/c1-23(2)30-25(4)29(34)21-31(36-30,20-24(3)33)35-22-32(26-14-8-5-9-15-26,27-16-10-6-11-17-27)28-18-12-7-13-19-28/h5-19,23,25,29-30,34H,20-22H2,1-4H3/t25-,29-,30+,31-/m0/s1. The van der Waals surface area contributed by atoms with Gasteiger partial charge in [0, 0.05) is 12.3 Å². The summed E-state index contributed by atoms with van der Waals surface area (Å²) in [6.07, 6.45) is -0.488. The largest absolute Gasteiger partial charge is 0.393 e. The second kappa shape index (κ2) is 11.1. The number of benzene rings is 3. The summed E-state index contributed by atoms with van der Waals surface area (Å²) in [6, 6.07) is 31.0. The van der Waals surface area contributed by atoms with Crippen LogP contribution in [0.1, 0.15) is 57.2 Å². The number of aliphatic hydroxyl groups is 1. The van der Waals surface area contributed by atoms with Crippen molar-refractivity contribution in [3.05, 3.63) is 108 Å². The first-order valence-electron chi connectivity index (χ1n) is 12.9. The first kappa shape index (κ1) is 26.3. The number of ketones is 1. The smallest absolute Gasteiger partial charge is 0.178 e. The van der Waals surface area contributed by atoms with Gasteiger partial charge in [0.25, 0.3) is 0 Å². The quantitative estimate of drug-likeness (QED) is 0.368. The average molecular weight is 487 g/mol. The molecule has 3 aromatic carbocycles. The van der Waals surface area contributed by atoms with E-state index < -0.39 is 17.3 Å². The number of rotatable bonds is 9. The summed E-state index contributed by atoms with van der Waals surface area (Å²) < 4.78 is 13.4. The summed E-state index contributed by atoms with van der Waals surface area (Å²) in [5, 5.41) is 11.1. The summed E-state index contributed by atoms with van der Waals surface area (Å²) >= 11 is 0. The minimum atomic E-state index is -1.20. The highest BCUT2D eigenvalue weighted by Gasteiger charge is 2.49. The van der Waals surface area contributed by atoms with Gasteiger partial charge in [0.2, 0.25) is 0 Å². The molecule has 0 saturated carbocycles. The Bertz CT molecular complexity index is 1020. The zero-order valence-electron chi connectivity index (χ0n) is 21.8. The van der Waals surface area contributed by atoms with Gasteiger partial charge in [-0.3, -0.25) is 4.79 Å². The predicted molar refractivity (Wildman–Crippen MR) is 143 cm³/mol. The van der Waals surface area contributed by atoms with E-state index in [1.807, 2.05) is 61.5 Å². The van der Waals surface area contributed by atoms with Crippen molar-refractivity contribution in [2.24, 2.45) is 11.8 Å². The molecule has 0 amide bonds. The second-order valence-corrected chi connectivity index (χ2v) is 10.5. The Kier molecular flexibility index (Phi) is 8.09. The number of hydrogen-bond acceptors (Lipinski definition) is 4. The van der Waals surface area contributed by atoms with Crippen LogP contribution in [0.2, 0.25) is 0 Å². The van der Waals surface area contributed by atoms with Gasteiger partial charge in [-0.15, -0.1) is 0 Å². The molecule has 0 aliphatic carbocycles. The van der Waals surface area contributed by atoms with E-state index in [0.29, 0.717) is 0 Å². The molecule has 0 aromatic heterocycles. The molecule has 1 aliphatic rings. The third-order valence-electron chi connectivity index (χ3n) is 7.52. The molecule has 4 nitrogen and oxygen atoms in total. The lowest BCUT2D eigenvalue weighted by atomic mass is 9.70. The second-order valence-electron chi connectivity index (χ2n) is 10.5. The van der Waals surface area contributed by atoms with Crippen molar-refractivity contribution in [1.82, 2.24) is 0 Å². The van der Waals surface area contributed by atoms with Crippen molar-refractivity contribution in [3.8, 4) is 0 Å². The molecule has 1 aliphatic heterocycles. The fraction of sp³-hybridized carbons (Fsp3) is 0.406. The van der Waals surface area contributed by atoms with Gasteiger partial charge in [-0.25, -0.2) is 0 Å². The molecule has 0 spiro atoms. The fourth-order valence-corrected chi connectivity index (χ4v) is 5.67. The monoisotopic (exact) mass is 486 g/mol. The van der Waals surface area contributed by atoms with Gasteiger partial charge in [-0.2, -0.15) is 0 Å². The van der Waals surface area contributed by atoms with E-state index in [9.17, 15) is 9.90 Å². The minimum Gasteiger partial charge on any atom is -0.393 e. The van der Waals surface area contributed by atoms with E-state index in [1.54, 1.807) is 6.92 Å². The lowest BCUT2D eigenvalue weighted by molar-refractivity contribution is -0.317. The van der Waals surface area contributed by atoms with Crippen LogP contribution in [0.4, 0.5) is 0 Å². The first-order valence-corrected chi connectivity index (χ1v) is 12.9. The Labute approximate surface area is 215 Å². The Morgan fingerprint density at radius 1 is 0.944 bits per heavy atom. The van der Waals surface area contributed by atoms with Crippen LogP contribution in [0.15, 0.2) is 91.0 Å². The van der Waals surface area contributed by atoms with Gasteiger partial charge < -0.3 is 14.6 Å². The molecule has 0 bridgehead atoms. The van der Waals surface area contributed by atoms with Crippen molar-refractivity contribution in [1.29, 1.82) is 0 Å². The third kappa shape index (κ3) is 5.31. The van der Waals surface area contributed by atoms with Gasteiger partial charge in [0.1, 0.15) is 5.78 Å². The number of aliphatic hydroxyl groups excluding tert-OH is 1. The Morgan fingerprint density at radius 2 is 1.39 bits per heavy atom. The number of Topliss-reactive ketones (excluding diaryl/α,β-unsaturated/α-hetero) is 1.